The van der Waals surface area contributed by atoms with Crippen LogP contribution >= 0.6 is 0 Å². The first-order chi connectivity index (χ1) is 5.34. The van der Waals surface area contributed by atoms with Gasteiger partial charge in [-0.25, -0.2) is 4.79 Å². The lowest BCUT2D eigenvalue weighted by Crippen LogP contribution is -2.04. The quantitative estimate of drug-likeness (QED) is 0.631. The van der Waals surface area contributed by atoms with Crippen LogP contribution in [0, 0.1) is 0 Å². The molecule has 3 nitrogen and oxygen atoms in total. The Morgan fingerprint density at radius 3 is 2.92 bits per heavy atom. The van der Waals surface area contributed by atoms with Crippen molar-refractivity contribution in [3.8, 4) is 0 Å². The van der Waals surface area contributed by atoms with E-state index < -0.39 is 0 Å². The van der Waals surface area contributed by atoms with Crippen molar-refractivity contribution in [2.24, 2.45) is 0 Å². The van der Waals surface area contributed by atoms with Gasteiger partial charge in [-0.15, -0.1) is 0 Å². The minimum Gasteiger partial charge on any atom is -0.462 e. The zero-order chi connectivity index (χ0) is 8.10. The molecule has 1 aromatic heterocycles. The largest absolute Gasteiger partial charge is 0.462 e. The Bertz CT molecular complexity index is 238. The Kier molecular flexibility index (Phi) is 4.60. The molecule has 0 aliphatic rings. The Balaban J connectivity index is 0.00000121. The van der Waals surface area contributed by atoms with E-state index in [0.717, 1.165) is 0 Å². The van der Waals surface area contributed by atoms with Gasteiger partial charge in [0.05, 0.1) is 12.2 Å². The summed E-state index contributed by atoms with van der Waals surface area (Å²) in [4.78, 5) is 14.8. The molecule has 0 amide bonds. The van der Waals surface area contributed by atoms with Crippen molar-refractivity contribution in [1.82, 2.24) is 4.98 Å². The summed E-state index contributed by atoms with van der Waals surface area (Å²) in [6.45, 7) is 2.17. The van der Waals surface area contributed by atoms with Gasteiger partial charge in [0.25, 0.3) is 0 Å². The van der Waals surface area contributed by atoms with Gasteiger partial charge in [0.2, 0.25) is 0 Å². The molecule has 0 aliphatic carbocycles. The number of ether oxygens (including phenoxy) is 1. The van der Waals surface area contributed by atoms with Crippen molar-refractivity contribution in [2.75, 3.05) is 6.61 Å². The summed E-state index contributed by atoms with van der Waals surface area (Å²) in [5.41, 5.74) is 0.495. The Hall–Kier alpha value is -1.45. The molecular formula is C8H10FNO2. The Morgan fingerprint density at radius 1 is 1.67 bits per heavy atom. The number of halogens is 1. The van der Waals surface area contributed by atoms with E-state index in [2.05, 4.69) is 4.98 Å². The number of rotatable bonds is 2. The molecule has 0 unspecified atom stereocenters. The van der Waals surface area contributed by atoms with E-state index in [0.29, 0.717) is 12.2 Å². The molecule has 1 heterocycles. The number of aromatic nitrogens is 1. The molecule has 1 aromatic rings. The molecular weight excluding hydrogens is 161 g/mol. The van der Waals surface area contributed by atoms with Crippen molar-refractivity contribution >= 4 is 5.97 Å². The van der Waals surface area contributed by atoms with Gasteiger partial charge in [-0.05, 0) is 19.1 Å². The fourth-order valence-corrected chi connectivity index (χ4v) is 0.698. The van der Waals surface area contributed by atoms with Crippen molar-refractivity contribution < 1.29 is 14.2 Å². The first kappa shape index (κ1) is 10.6. The summed E-state index contributed by atoms with van der Waals surface area (Å²) in [5.74, 6) is -0.319. The number of esters is 1. The van der Waals surface area contributed by atoms with Gasteiger partial charge >= 0.3 is 5.97 Å². The van der Waals surface area contributed by atoms with Crippen LogP contribution in [0.2, 0.25) is 0 Å². The van der Waals surface area contributed by atoms with E-state index >= 15 is 0 Å². The number of hydrogen-bond donors (Lipinski definition) is 0. The van der Waals surface area contributed by atoms with Crippen LogP contribution in [-0.4, -0.2) is 17.6 Å². The van der Waals surface area contributed by atoms with Gasteiger partial charge in [0, 0.05) is 12.4 Å². The number of pyridine rings is 1. The van der Waals surface area contributed by atoms with Crippen LogP contribution in [0.15, 0.2) is 24.5 Å². The van der Waals surface area contributed by atoms with Crippen molar-refractivity contribution in [3.05, 3.63) is 30.1 Å². The molecule has 1 rings (SSSR count). The second kappa shape index (κ2) is 5.23. The third-order valence-electron chi connectivity index (χ3n) is 1.17. The first-order valence-corrected chi connectivity index (χ1v) is 3.41. The third kappa shape index (κ3) is 2.65. The summed E-state index contributed by atoms with van der Waals surface area (Å²) in [6.07, 6.45) is 3.10. The number of carbonyl (C=O) groups excluding carboxylic acids is 1. The summed E-state index contributed by atoms with van der Waals surface area (Å²) >= 11 is 0. The molecule has 0 atom stereocenters. The van der Waals surface area contributed by atoms with Crippen molar-refractivity contribution in [3.63, 3.8) is 0 Å². The highest BCUT2D eigenvalue weighted by Gasteiger charge is 2.03. The number of hydrogen-bond acceptors (Lipinski definition) is 3. The smallest absolute Gasteiger partial charge is 0.339 e. The van der Waals surface area contributed by atoms with E-state index in [9.17, 15) is 4.79 Å². The first-order valence-electron chi connectivity index (χ1n) is 3.41. The van der Waals surface area contributed by atoms with Crippen LogP contribution in [0.25, 0.3) is 0 Å². The van der Waals surface area contributed by atoms with Crippen LogP contribution in [0.5, 0.6) is 0 Å². The van der Waals surface area contributed by atoms with E-state index in [1.807, 2.05) is 0 Å². The molecule has 0 fully saturated rings. The Labute approximate surface area is 69.7 Å². The topological polar surface area (TPSA) is 39.2 Å². The predicted octanol–water partition coefficient (Wildman–Crippen LogP) is 1.41. The molecule has 12 heavy (non-hydrogen) atoms. The van der Waals surface area contributed by atoms with Crippen LogP contribution in [-0.2, 0) is 4.74 Å². The standard InChI is InChI=1S/C8H9NO2.FH/c1-2-11-8(10)7-4-3-5-9-6-7;/h3-6H,2H2,1H3;1H. The van der Waals surface area contributed by atoms with E-state index in [1.165, 1.54) is 6.20 Å². The minimum absolute atomic E-state index is 0. The SMILES string of the molecule is CCOC(=O)c1cccnc1.F. The summed E-state index contributed by atoms with van der Waals surface area (Å²) < 4.78 is 4.75. The van der Waals surface area contributed by atoms with Crippen molar-refractivity contribution in [2.45, 2.75) is 6.92 Å². The highest BCUT2D eigenvalue weighted by molar-refractivity contribution is 5.88. The third-order valence-corrected chi connectivity index (χ3v) is 1.17. The second-order valence-electron chi connectivity index (χ2n) is 1.96. The fourth-order valence-electron chi connectivity index (χ4n) is 0.698. The molecule has 66 valence electrons. The van der Waals surface area contributed by atoms with E-state index in [-0.39, 0.29) is 10.7 Å². The maximum atomic E-state index is 11.0. The maximum Gasteiger partial charge on any atom is 0.339 e. The molecule has 0 spiro atoms. The highest BCUT2D eigenvalue weighted by Crippen LogP contribution is 1.97. The van der Waals surface area contributed by atoms with Gasteiger partial charge in [-0.2, -0.15) is 0 Å². The molecule has 0 saturated heterocycles. The Morgan fingerprint density at radius 2 is 2.42 bits per heavy atom. The maximum absolute atomic E-state index is 11.0. The van der Waals surface area contributed by atoms with Gasteiger partial charge in [0.15, 0.2) is 0 Å². The van der Waals surface area contributed by atoms with Crippen LogP contribution in [0.4, 0.5) is 4.70 Å². The zero-order valence-electron chi connectivity index (χ0n) is 6.69. The van der Waals surface area contributed by atoms with Gasteiger partial charge in [-0.3, -0.25) is 9.69 Å². The van der Waals surface area contributed by atoms with Crippen LogP contribution in [0.1, 0.15) is 17.3 Å². The van der Waals surface area contributed by atoms with Crippen molar-refractivity contribution in [1.29, 1.82) is 0 Å². The fraction of sp³-hybridized carbons (Fsp3) is 0.250. The second-order valence-corrected chi connectivity index (χ2v) is 1.96. The zero-order valence-corrected chi connectivity index (χ0v) is 6.69. The summed E-state index contributed by atoms with van der Waals surface area (Å²) in [7, 11) is 0. The highest BCUT2D eigenvalue weighted by atomic mass is 19.0. The molecule has 0 bridgehead atoms. The van der Waals surface area contributed by atoms with Crippen LogP contribution in [0.3, 0.4) is 0 Å². The van der Waals surface area contributed by atoms with Crippen LogP contribution < -0.4 is 0 Å². The number of carbonyl (C=O) groups is 1. The molecule has 0 radical (unpaired) electrons. The van der Waals surface area contributed by atoms with E-state index in [1.54, 1.807) is 25.3 Å². The van der Waals surface area contributed by atoms with Gasteiger partial charge in [-0.1, -0.05) is 0 Å². The minimum atomic E-state index is -0.319. The monoisotopic (exact) mass is 171 g/mol. The molecule has 0 saturated carbocycles. The van der Waals surface area contributed by atoms with Gasteiger partial charge in [0.1, 0.15) is 0 Å². The lowest BCUT2D eigenvalue weighted by atomic mass is 10.3. The average Bonchev–Trinajstić information content (AvgIpc) is 2.07. The molecule has 0 N–H and O–H groups in total. The lowest BCUT2D eigenvalue weighted by Gasteiger charge is -1.98. The van der Waals surface area contributed by atoms with E-state index in [4.69, 9.17) is 4.74 Å². The lowest BCUT2D eigenvalue weighted by molar-refractivity contribution is 0.0526. The summed E-state index contributed by atoms with van der Waals surface area (Å²) in [6, 6.07) is 3.37. The molecule has 4 heteroatoms. The molecule has 0 aromatic carbocycles. The summed E-state index contributed by atoms with van der Waals surface area (Å²) in [5, 5.41) is 0. The normalized spacial score (nSPS) is 8.42. The van der Waals surface area contributed by atoms with Gasteiger partial charge < -0.3 is 4.74 Å². The average molecular weight is 171 g/mol. The number of nitrogens with zero attached hydrogens (tertiary/aromatic N) is 1. The molecule has 0 aliphatic heterocycles. The predicted molar refractivity (Wildman–Crippen MR) is 42.7 cm³/mol.